The fraction of sp³-hybridized carbons (Fsp3) is 0.250. The fourth-order valence-corrected chi connectivity index (χ4v) is 0.892. The van der Waals surface area contributed by atoms with Crippen LogP contribution < -0.4 is 9.47 Å². The monoisotopic (exact) mass is 171 g/mol. The molecule has 0 aliphatic heterocycles. The number of halogens is 1. The maximum atomic E-state index is 5.72. The summed E-state index contributed by atoms with van der Waals surface area (Å²) in [6, 6.07) is 6.15. The third-order valence-corrected chi connectivity index (χ3v) is 1.58. The number of methoxy groups -OCH3 is 2. The van der Waals surface area contributed by atoms with Crippen molar-refractivity contribution in [3.05, 3.63) is 23.2 Å². The zero-order chi connectivity index (χ0) is 8.27. The molecule has 59 valence electrons. The van der Waals surface area contributed by atoms with Gasteiger partial charge in [-0.25, -0.2) is 0 Å². The summed E-state index contributed by atoms with van der Waals surface area (Å²) in [5.74, 6) is 1.26. The Bertz CT molecular complexity index is 248. The fourth-order valence-electron chi connectivity index (χ4n) is 0.706. The zero-order valence-corrected chi connectivity index (χ0v) is 7.11. The summed E-state index contributed by atoms with van der Waals surface area (Å²) in [5, 5.41) is 0.466. The summed E-state index contributed by atoms with van der Waals surface area (Å²) in [6.07, 6.45) is 0. The van der Waals surface area contributed by atoms with E-state index in [1.54, 1.807) is 26.4 Å². The van der Waals surface area contributed by atoms with Gasteiger partial charge in [-0.3, -0.25) is 0 Å². The largest absolute Gasteiger partial charge is 0.497 e. The summed E-state index contributed by atoms with van der Waals surface area (Å²) in [5.41, 5.74) is 0. The van der Waals surface area contributed by atoms with Gasteiger partial charge in [0.15, 0.2) is 0 Å². The summed E-state index contributed by atoms with van der Waals surface area (Å²) in [4.78, 5) is 0. The van der Waals surface area contributed by atoms with E-state index in [0.29, 0.717) is 16.5 Å². The van der Waals surface area contributed by atoms with Crippen LogP contribution in [0, 0.1) is 6.07 Å². The van der Waals surface area contributed by atoms with Crippen LogP contribution >= 0.6 is 11.6 Å². The lowest BCUT2D eigenvalue weighted by atomic mass is 10.3. The quantitative estimate of drug-likeness (QED) is 0.679. The smallest absolute Gasteiger partial charge is 0.141 e. The van der Waals surface area contributed by atoms with Gasteiger partial charge < -0.3 is 9.47 Å². The third kappa shape index (κ3) is 1.77. The molecule has 3 heteroatoms. The molecule has 0 saturated heterocycles. The normalized spacial score (nSPS) is 9.36. The highest BCUT2D eigenvalue weighted by Gasteiger charge is 2.00. The van der Waals surface area contributed by atoms with Crippen LogP contribution in [0.5, 0.6) is 11.5 Å². The Morgan fingerprint density at radius 1 is 1.36 bits per heavy atom. The first-order valence-electron chi connectivity index (χ1n) is 3.07. The summed E-state index contributed by atoms with van der Waals surface area (Å²) < 4.78 is 9.89. The standard InChI is InChI=1S/C8H8ClO2/c1-10-6-3-4-7(9)8(5-6)11-2/h3,5H,1-2H3. The van der Waals surface area contributed by atoms with E-state index >= 15 is 0 Å². The summed E-state index contributed by atoms with van der Waals surface area (Å²) >= 11 is 5.72. The van der Waals surface area contributed by atoms with Crippen molar-refractivity contribution in [2.45, 2.75) is 0 Å². The van der Waals surface area contributed by atoms with E-state index in [4.69, 9.17) is 21.1 Å². The lowest BCUT2D eigenvalue weighted by Crippen LogP contribution is -1.87. The predicted octanol–water partition coefficient (Wildman–Crippen LogP) is 2.16. The van der Waals surface area contributed by atoms with E-state index in [2.05, 4.69) is 6.07 Å². The van der Waals surface area contributed by atoms with E-state index in [1.165, 1.54) is 0 Å². The van der Waals surface area contributed by atoms with E-state index in [1.807, 2.05) is 0 Å². The molecule has 11 heavy (non-hydrogen) atoms. The molecule has 1 aromatic rings. The second-order valence-electron chi connectivity index (χ2n) is 1.92. The first kappa shape index (κ1) is 8.21. The maximum Gasteiger partial charge on any atom is 0.141 e. The van der Waals surface area contributed by atoms with Crippen LogP contribution in [-0.2, 0) is 0 Å². The first-order valence-corrected chi connectivity index (χ1v) is 3.45. The van der Waals surface area contributed by atoms with Gasteiger partial charge in [0.2, 0.25) is 0 Å². The van der Waals surface area contributed by atoms with Gasteiger partial charge in [0, 0.05) is 12.1 Å². The van der Waals surface area contributed by atoms with Crippen LogP contribution in [0.1, 0.15) is 0 Å². The first-order chi connectivity index (χ1) is 5.27. The molecule has 0 aliphatic rings. The Balaban J connectivity index is 3.02. The molecule has 1 rings (SSSR count). The predicted molar refractivity (Wildman–Crippen MR) is 43.4 cm³/mol. The number of rotatable bonds is 2. The lowest BCUT2D eigenvalue weighted by Gasteiger charge is -2.04. The molecule has 0 atom stereocenters. The van der Waals surface area contributed by atoms with Crippen LogP contribution in [0.25, 0.3) is 0 Å². The lowest BCUT2D eigenvalue weighted by molar-refractivity contribution is 0.394. The molecule has 0 fully saturated rings. The van der Waals surface area contributed by atoms with Gasteiger partial charge in [-0.05, 0) is 6.07 Å². The highest BCUT2D eigenvalue weighted by molar-refractivity contribution is 6.31. The van der Waals surface area contributed by atoms with E-state index < -0.39 is 0 Å². The van der Waals surface area contributed by atoms with Crippen LogP contribution in [-0.4, -0.2) is 14.2 Å². The molecule has 1 radical (unpaired) electrons. The Labute approximate surface area is 70.7 Å². The summed E-state index contributed by atoms with van der Waals surface area (Å²) in [7, 11) is 3.13. The molecule has 0 aromatic heterocycles. The molecule has 0 unspecified atom stereocenters. The van der Waals surface area contributed by atoms with Gasteiger partial charge in [0.05, 0.1) is 19.2 Å². The third-order valence-electron chi connectivity index (χ3n) is 1.29. The molecular weight excluding hydrogens is 164 g/mol. The Kier molecular flexibility index (Phi) is 2.60. The number of hydrogen-bond donors (Lipinski definition) is 0. The minimum Gasteiger partial charge on any atom is -0.497 e. The van der Waals surface area contributed by atoms with Crippen LogP contribution in [0.15, 0.2) is 12.1 Å². The van der Waals surface area contributed by atoms with Gasteiger partial charge in [0.1, 0.15) is 11.5 Å². The average Bonchev–Trinajstić information content (AvgIpc) is 2.05. The van der Waals surface area contributed by atoms with Crippen LogP contribution in [0.3, 0.4) is 0 Å². The second kappa shape index (κ2) is 3.49. The molecule has 1 aromatic carbocycles. The van der Waals surface area contributed by atoms with Gasteiger partial charge >= 0.3 is 0 Å². The molecule has 0 spiro atoms. The zero-order valence-electron chi connectivity index (χ0n) is 6.35. The number of benzene rings is 1. The van der Waals surface area contributed by atoms with Gasteiger partial charge in [-0.1, -0.05) is 11.6 Å². The molecule has 0 saturated carbocycles. The molecule has 0 aliphatic carbocycles. The SMILES string of the molecule is COc1c[c]c(Cl)c(OC)c1. The van der Waals surface area contributed by atoms with E-state index in [-0.39, 0.29) is 0 Å². The van der Waals surface area contributed by atoms with Crippen LogP contribution in [0.4, 0.5) is 0 Å². The van der Waals surface area contributed by atoms with Crippen molar-refractivity contribution >= 4 is 11.6 Å². The van der Waals surface area contributed by atoms with Crippen molar-refractivity contribution in [2.24, 2.45) is 0 Å². The Morgan fingerprint density at radius 3 is 2.64 bits per heavy atom. The molecular formula is C8H8ClO2. The second-order valence-corrected chi connectivity index (χ2v) is 2.30. The summed E-state index contributed by atoms with van der Waals surface area (Å²) in [6.45, 7) is 0. The van der Waals surface area contributed by atoms with Gasteiger partial charge in [-0.15, -0.1) is 0 Å². The van der Waals surface area contributed by atoms with E-state index in [9.17, 15) is 0 Å². The Morgan fingerprint density at radius 2 is 2.09 bits per heavy atom. The highest BCUT2D eigenvalue weighted by Crippen LogP contribution is 2.27. The maximum absolute atomic E-state index is 5.72. The average molecular weight is 172 g/mol. The topological polar surface area (TPSA) is 18.5 Å². The molecule has 0 amide bonds. The van der Waals surface area contributed by atoms with Crippen LogP contribution in [0.2, 0.25) is 5.02 Å². The van der Waals surface area contributed by atoms with Gasteiger partial charge in [0.25, 0.3) is 0 Å². The van der Waals surface area contributed by atoms with Crippen molar-refractivity contribution in [1.82, 2.24) is 0 Å². The number of ether oxygens (including phenoxy) is 2. The minimum atomic E-state index is 0.466. The van der Waals surface area contributed by atoms with Crippen molar-refractivity contribution in [3.8, 4) is 11.5 Å². The van der Waals surface area contributed by atoms with Crippen molar-refractivity contribution < 1.29 is 9.47 Å². The Hall–Kier alpha value is -0.890. The molecule has 2 nitrogen and oxygen atoms in total. The minimum absolute atomic E-state index is 0.466. The van der Waals surface area contributed by atoms with Crippen molar-refractivity contribution in [3.63, 3.8) is 0 Å². The number of hydrogen-bond acceptors (Lipinski definition) is 2. The molecule has 0 bridgehead atoms. The molecule has 0 N–H and O–H groups in total. The van der Waals surface area contributed by atoms with Gasteiger partial charge in [-0.2, -0.15) is 0 Å². The van der Waals surface area contributed by atoms with E-state index in [0.717, 1.165) is 0 Å². The van der Waals surface area contributed by atoms with Crippen molar-refractivity contribution in [1.29, 1.82) is 0 Å². The van der Waals surface area contributed by atoms with Crippen molar-refractivity contribution in [2.75, 3.05) is 14.2 Å². The molecule has 0 heterocycles. The highest BCUT2D eigenvalue weighted by atomic mass is 35.5.